The van der Waals surface area contributed by atoms with Crippen LogP contribution in [0.4, 0.5) is 0 Å². The molecule has 0 nitrogen and oxygen atoms in total. The molecule has 2 heterocycles. The molecule has 0 aliphatic rings. The molecule has 0 N–H and O–H groups in total. The second-order valence-corrected chi connectivity index (χ2v) is 9.17. The van der Waals surface area contributed by atoms with Gasteiger partial charge in [0.1, 0.15) is 0 Å². The van der Waals surface area contributed by atoms with Crippen molar-refractivity contribution in [2.75, 3.05) is 0 Å². The van der Waals surface area contributed by atoms with Crippen LogP contribution >= 0.6 is 22.7 Å². The number of rotatable bonds is 4. The molecule has 0 saturated heterocycles. The number of hydrogen-bond acceptors (Lipinski definition) is 2. The van der Waals surface area contributed by atoms with Crippen molar-refractivity contribution in [1.29, 1.82) is 0 Å². The van der Waals surface area contributed by atoms with Crippen LogP contribution in [-0.4, -0.2) is 0 Å². The van der Waals surface area contributed by atoms with Gasteiger partial charge in [0.05, 0.1) is 0 Å². The topological polar surface area (TPSA) is 0 Å². The summed E-state index contributed by atoms with van der Waals surface area (Å²) >= 11 is 3.82. The van der Waals surface area contributed by atoms with E-state index in [0.29, 0.717) is 0 Å². The van der Waals surface area contributed by atoms with Crippen LogP contribution in [0, 0.1) is 6.92 Å². The molecule has 2 rings (SSSR count). The molecule has 0 fully saturated rings. The zero-order valence-corrected chi connectivity index (χ0v) is 15.2. The second-order valence-electron chi connectivity index (χ2n) is 7.34. The normalized spacial score (nSPS) is 12.9. The fourth-order valence-electron chi connectivity index (χ4n) is 2.82. The van der Waals surface area contributed by atoms with Gasteiger partial charge < -0.3 is 0 Å². The molecule has 0 unspecified atom stereocenters. The third kappa shape index (κ3) is 3.35. The van der Waals surface area contributed by atoms with Gasteiger partial charge in [0, 0.05) is 9.75 Å². The maximum absolute atomic E-state index is 2.38. The first kappa shape index (κ1) is 15.8. The summed E-state index contributed by atoms with van der Waals surface area (Å²) in [6.45, 7) is 14.0. The molecule has 0 amide bonds. The smallest absolute Gasteiger partial charge is 0.0131 e. The lowest BCUT2D eigenvalue weighted by Gasteiger charge is -2.26. The third-order valence-corrected chi connectivity index (χ3v) is 6.69. The Morgan fingerprint density at radius 2 is 1.50 bits per heavy atom. The Morgan fingerprint density at radius 1 is 0.900 bits per heavy atom. The molecule has 0 saturated carbocycles. The minimum absolute atomic E-state index is 0.270. The summed E-state index contributed by atoms with van der Waals surface area (Å²) in [5.41, 5.74) is 3.54. The molecule has 2 heteroatoms. The first-order valence-electron chi connectivity index (χ1n) is 7.33. The van der Waals surface area contributed by atoms with Crippen LogP contribution < -0.4 is 0 Å². The summed E-state index contributed by atoms with van der Waals surface area (Å²) in [6.07, 6.45) is 2.40. The summed E-state index contributed by atoms with van der Waals surface area (Å²) < 4.78 is 0. The van der Waals surface area contributed by atoms with Crippen LogP contribution in [0.3, 0.4) is 0 Å². The van der Waals surface area contributed by atoms with E-state index < -0.39 is 0 Å². The molecule has 0 aromatic carbocycles. The van der Waals surface area contributed by atoms with Gasteiger partial charge >= 0.3 is 0 Å². The molecule has 0 radical (unpaired) electrons. The predicted octanol–water partition coefficient (Wildman–Crippen LogP) is 6.33. The van der Waals surface area contributed by atoms with Crippen molar-refractivity contribution in [1.82, 2.24) is 0 Å². The van der Waals surface area contributed by atoms with Crippen LogP contribution in [-0.2, 0) is 17.3 Å². The molecule has 110 valence electrons. The molecule has 0 bridgehead atoms. The molecular weight excluding hydrogens is 280 g/mol. The third-order valence-electron chi connectivity index (χ3n) is 3.92. The number of hydrogen-bond donors (Lipinski definition) is 0. The summed E-state index contributed by atoms with van der Waals surface area (Å²) in [5, 5.41) is 4.47. The summed E-state index contributed by atoms with van der Waals surface area (Å²) in [6, 6.07) is 4.57. The van der Waals surface area contributed by atoms with Crippen molar-refractivity contribution in [3.8, 4) is 0 Å². The lowest BCUT2D eigenvalue weighted by molar-refractivity contribution is 0.483. The zero-order valence-electron chi connectivity index (χ0n) is 13.5. The van der Waals surface area contributed by atoms with Gasteiger partial charge in [-0.1, -0.05) is 34.6 Å². The zero-order chi connectivity index (χ0) is 15.0. The molecule has 2 aromatic rings. The van der Waals surface area contributed by atoms with Crippen LogP contribution in [0.2, 0.25) is 0 Å². The summed E-state index contributed by atoms with van der Waals surface area (Å²) in [5.74, 6) is 0. The Bertz CT molecular complexity index is 564. The second kappa shape index (κ2) is 5.65. The van der Waals surface area contributed by atoms with E-state index in [1.165, 1.54) is 18.4 Å². The van der Waals surface area contributed by atoms with Gasteiger partial charge in [-0.3, -0.25) is 0 Å². The standard InChI is InChI=1S/C18H26S2/c1-13-8-11-19-15(13)18(5,6)10-7-14-9-12-20-16(14)17(2,3)4/h8-9,11-12H,7,10H2,1-6H3. The van der Waals surface area contributed by atoms with Gasteiger partial charge in [-0.05, 0) is 64.6 Å². The van der Waals surface area contributed by atoms with E-state index in [4.69, 9.17) is 0 Å². The molecule has 0 aliphatic carbocycles. The van der Waals surface area contributed by atoms with E-state index in [1.54, 1.807) is 15.3 Å². The Labute approximate surface area is 131 Å². The van der Waals surface area contributed by atoms with Crippen LogP contribution in [0.15, 0.2) is 22.9 Å². The molecule has 0 spiro atoms. The number of thiophene rings is 2. The minimum Gasteiger partial charge on any atom is -0.148 e. The van der Waals surface area contributed by atoms with E-state index >= 15 is 0 Å². The lowest BCUT2D eigenvalue weighted by Crippen LogP contribution is -2.19. The van der Waals surface area contributed by atoms with Gasteiger partial charge in [-0.25, -0.2) is 0 Å². The average Bonchev–Trinajstić information content (AvgIpc) is 2.93. The maximum atomic E-state index is 2.38. The van der Waals surface area contributed by atoms with Crippen molar-refractivity contribution >= 4 is 22.7 Å². The fraction of sp³-hybridized carbons (Fsp3) is 0.556. The minimum atomic E-state index is 0.270. The first-order valence-corrected chi connectivity index (χ1v) is 9.09. The first-order chi connectivity index (χ1) is 9.22. The van der Waals surface area contributed by atoms with Gasteiger partial charge in [-0.2, -0.15) is 0 Å². The van der Waals surface area contributed by atoms with E-state index in [0.717, 1.165) is 0 Å². The highest BCUT2D eigenvalue weighted by Gasteiger charge is 2.25. The summed E-state index contributed by atoms with van der Waals surface area (Å²) in [7, 11) is 0. The van der Waals surface area contributed by atoms with Crippen molar-refractivity contribution in [2.24, 2.45) is 0 Å². The van der Waals surface area contributed by atoms with E-state index in [2.05, 4.69) is 64.4 Å². The maximum Gasteiger partial charge on any atom is 0.0131 e. The Hall–Kier alpha value is -0.600. The monoisotopic (exact) mass is 306 g/mol. The van der Waals surface area contributed by atoms with Gasteiger partial charge in [-0.15, -0.1) is 22.7 Å². The molecule has 20 heavy (non-hydrogen) atoms. The van der Waals surface area contributed by atoms with Crippen molar-refractivity contribution in [3.05, 3.63) is 43.8 Å². The number of aryl methyl sites for hydroxylation is 2. The van der Waals surface area contributed by atoms with Crippen molar-refractivity contribution < 1.29 is 0 Å². The van der Waals surface area contributed by atoms with Gasteiger partial charge in [0.2, 0.25) is 0 Å². The largest absolute Gasteiger partial charge is 0.148 e. The van der Waals surface area contributed by atoms with Crippen molar-refractivity contribution in [2.45, 2.75) is 65.2 Å². The molecule has 0 atom stereocenters. The van der Waals surface area contributed by atoms with Gasteiger partial charge in [0.25, 0.3) is 0 Å². The highest BCUT2D eigenvalue weighted by atomic mass is 32.1. The van der Waals surface area contributed by atoms with Crippen LogP contribution in [0.5, 0.6) is 0 Å². The van der Waals surface area contributed by atoms with Crippen molar-refractivity contribution in [3.63, 3.8) is 0 Å². The lowest BCUT2D eigenvalue weighted by atomic mass is 9.82. The predicted molar refractivity (Wildman–Crippen MR) is 93.4 cm³/mol. The quantitative estimate of drug-likeness (QED) is 0.619. The van der Waals surface area contributed by atoms with E-state index in [9.17, 15) is 0 Å². The fourth-order valence-corrected chi connectivity index (χ4v) is 4.94. The van der Waals surface area contributed by atoms with E-state index in [1.807, 2.05) is 22.7 Å². The highest BCUT2D eigenvalue weighted by molar-refractivity contribution is 7.10. The van der Waals surface area contributed by atoms with Crippen LogP contribution in [0.25, 0.3) is 0 Å². The molecule has 2 aromatic heterocycles. The summed E-state index contributed by atoms with van der Waals surface area (Å²) in [4.78, 5) is 3.10. The molecule has 0 aliphatic heterocycles. The Morgan fingerprint density at radius 3 is 2.05 bits per heavy atom. The average molecular weight is 307 g/mol. The molecular formula is C18H26S2. The van der Waals surface area contributed by atoms with Gasteiger partial charge in [0.15, 0.2) is 0 Å². The Kier molecular flexibility index (Phi) is 4.46. The van der Waals surface area contributed by atoms with E-state index in [-0.39, 0.29) is 10.8 Å². The Balaban J connectivity index is 2.13. The highest BCUT2D eigenvalue weighted by Crippen LogP contribution is 2.37. The van der Waals surface area contributed by atoms with Crippen LogP contribution in [0.1, 0.15) is 61.9 Å². The SMILES string of the molecule is Cc1ccsc1C(C)(C)CCc1ccsc1C(C)(C)C.